The van der Waals surface area contributed by atoms with Gasteiger partial charge in [-0.3, -0.25) is 24.6 Å². The molecule has 2 fully saturated rings. The molecule has 19 heteroatoms. The summed E-state index contributed by atoms with van der Waals surface area (Å²) in [6.07, 6.45) is 0. The lowest BCUT2D eigenvalue weighted by Crippen LogP contribution is -2.81. The van der Waals surface area contributed by atoms with Crippen LogP contribution in [0.25, 0.3) is 0 Å². The van der Waals surface area contributed by atoms with Crippen molar-refractivity contribution in [2.75, 3.05) is 31.6 Å². The van der Waals surface area contributed by atoms with Crippen molar-refractivity contribution < 1.29 is 54.2 Å². The van der Waals surface area contributed by atoms with Crippen LogP contribution < -0.4 is 10.6 Å². The first-order chi connectivity index (χ1) is 20.3. The number of fused-ring (bicyclic) bond motifs is 1. The quantitative estimate of drug-likeness (QED) is 0.0889. The molecule has 3 heterocycles. The largest absolute Gasteiger partial charge is 0.394 e. The number of imide groups is 1. The molecular weight excluding hydrogens is 579 g/mol. The number of ether oxygens (including phenoxy) is 1. The Morgan fingerprint density at radius 3 is 2.30 bits per heavy atom. The molecule has 3 aliphatic heterocycles. The molecule has 0 saturated carbocycles. The fraction of sp³-hybridized carbons (Fsp3) is 0.400. The third kappa shape index (κ3) is 4.75. The summed E-state index contributed by atoms with van der Waals surface area (Å²) in [5, 5.41) is 66.9. The summed E-state index contributed by atoms with van der Waals surface area (Å²) in [6.45, 7) is 0.688. The van der Waals surface area contributed by atoms with Crippen molar-refractivity contribution in [1.82, 2.24) is 15.1 Å². The number of benzene rings is 2. The standard InChI is InChI=1S/C25H23B4FN4O10/c26-21(38)17(18(35)31-20(37)22(21,27)39)34-19(36)12-2-1-3-15(16(12)25(34,42)43)32-23(28,29)13-10-11(4-5-14(13)30)24(40,41)33-6-8-44-9-7-33/h1-5,10,17,32,38-43H,6-9H2,(H,31,35,37). The summed E-state index contributed by atoms with van der Waals surface area (Å²) in [4.78, 5) is 39.4. The molecule has 2 saturated heterocycles. The molecule has 3 unspecified atom stereocenters. The molecule has 44 heavy (non-hydrogen) atoms. The van der Waals surface area contributed by atoms with Crippen LogP contribution in [0.1, 0.15) is 27.0 Å². The number of morpholine rings is 1. The van der Waals surface area contributed by atoms with Crippen molar-refractivity contribution >= 4 is 54.8 Å². The van der Waals surface area contributed by atoms with Crippen LogP contribution in [0.4, 0.5) is 10.1 Å². The number of piperidine rings is 1. The molecule has 8 N–H and O–H groups in total. The molecule has 3 amide bonds. The van der Waals surface area contributed by atoms with E-state index >= 15 is 4.39 Å². The molecule has 2 aromatic rings. The van der Waals surface area contributed by atoms with E-state index in [1.807, 2.05) is 0 Å². The summed E-state index contributed by atoms with van der Waals surface area (Å²) in [5.41, 5.74) is -9.15. The lowest BCUT2D eigenvalue weighted by atomic mass is 9.53. The minimum absolute atomic E-state index is 0.0213. The summed E-state index contributed by atoms with van der Waals surface area (Å²) < 4.78 is 20.3. The average Bonchev–Trinajstić information content (AvgIpc) is 3.14. The van der Waals surface area contributed by atoms with E-state index in [2.05, 4.69) is 5.32 Å². The van der Waals surface area contributed by atoms with E-state index < -0.39 is 80.1 Å². The molecule has 0 spiro atoms. The number of nitrogens with zero attached hydrogens (tertiary/aromatic N) is 2. The van der Waals surface area contributed by atoms with Crippen LogP contribution >= 0.6 is 0 Å². The Kier molecular flexibility index (Phi) is 7.58. The van der Waals surface area contributed by atoms with E-state index in [0.29, 0.717) is 0 Å². The second kappa shape index (κ2) is 10.4. The molecule has 2 aromatic carbocycles. The predicted molar refractivity (Wildman–Crippen MR) is 149 cm³/mol. The first kappa shape index (κ1) is 32.1. The van der Waals surface area contributed by atoms with Crippen LogP contribution in [0.2, 0.25) is 0 Å². The maximum absolute atomic E-state index is 15.1. The average molecular weight is 602 g/mol. The van der Waals surface area contributed by atoms with E-state index in [1.165, 1.54) is 11.0 Å². The topological polar surface area (TPSA) is 212 Å². The van der Waals surface area contributed by atoms with Crippen LogP contribution in [-0.4, -0.2) is 133 Å². The fourth-order valence-electron chi connectivity index (χ4n) is 5.46. The molecule has 3 aliphatic rings. The summed E-state index contributed by atoms with van der Waals surface area (Å²) in [5.74, 6) is -11.6. The molecule has 14 nitrogen and oxygen atoms in total. The van der Waals surface area contributed by atoms with Crippen molar-refractivity contribution in [3.63, 3.8) is 0 Å². The van der Waals surface area contributed by atoms with Crippen molar-refractivity contribution in [2.45, 2.75) is 34.2 Å². The molecule has 8 radical (unpaired) electrons. The normalized spacial score (nSPS) is 27.7. The second-order valence-electron chi connectivity index (χ2n) is 10.8. The van der Waals surface area contributed by atoms with Crippen molar-refractivity contribution in [3.05, 3.63) is 64.5 Å². The van der Waals surface area contributed by atoms with Crippen LogP contribution in [0.5, 0.6) is 0 Å². The van der Waals surface area contributed by atoms with Crippen LogP contribution in [0.15, 0.2) is 36.4 Å². The number of amides is 3. The van der Waals surface area contributed by atoms with E-state index in [4.69, 9.17) is 36.1 Å². The van der Waals surface area contributed by atoms with Crippen molar-refractivity contribution in [1.29, 1.82) is 0 Å². The number of anilines is 1. The summed E-state index contributed by atoms with van der Waals surface area (Å²) in [7, 11) is 23.5. The van der Waals surface area contributed by atoms with E-state index in [0.717, 1.165) is 30.3 Å². The first-order valence-electron chi connectivity index (χ1n) is 13.0. The maximum atomic E-state index is 15.1. The number of carbonyl (C=O) groups is 3. The lowest BCUT2D eigenvalue weighted by molar-refractivity contribution is -0.286. The van der Waals surface area contributed by atoms with E-state index in [-0.39, 0.29) is 36.8 Å². The first-order valence-corrected chi connectivity index (χ1v) is 13.0. The second-order valence-corrected chi connectivity index (χ2v) is 10.8. The number of aliphatic hydroxyl groups is 6. The van der Waals surface area contributed by atoms with Gasteiger partial charge in [0.2, 0.25) is 0 Å². The Morgan fingerprint density at radius 1 is 1.02 bits per heavy atom. The van der Waals surface area contributed by atoms with Gasteiger partial charge in [-0.05, 0) is 41.2 Å². The molecule has 0 aromatic heterocycles. The van der Waals surface area contributed by atoms with Gasteiger partial charge in [0.05, 0.1) is 45.5 Å². The van der Waals surface area contributed by atoms with Gasteiger partial charge in [-0.15, -0.1) is 0 Å². The van der Waals surface area contributed by atoms with Crippen molar-refractivity contribution in [3.8, 4) is 0 Å². The molecule has 5 rings (SSSR count). The zero-order valence-electron chi connectivity index (χ0n) is 22.8. The maximum Gasteiger partial charge on any atom is 0.281 e. The minimum Gasteiger partial charge on any atom is -0.394 e. The zero-order valence-corrected chi connectivity index (χ0v) is 22.8. The van der Waals surface area contributed by atoms with Gasteiger partial charge in [0.25, 0.3) is 29.5 Å². The Hall–Kier alpha value is -3.28. The molecule has 0 bridgehead atoms. The van der Waals surface area contributed by atoms with Gasteiger partial charge in [0, 0.05) is 24.3 Å². The van der Waals surface area contributed by atoms with Crippen LogP contribution in [0.3, 0.4) is 0 Å². The van der Waals surface area contributed by atoms with Gasteiger partial charge < -0.3 is 40.7 Å². The van der Waals surface area contributed by atoms with Gasteiger partial charge in [-0.2, -0.15) is 0 Å². The number of hydrogen-bond acceptors (Lipinski definition) is 12. The Morgan fingerprint density at radius 2 is 1.66 bits per heavy atom. The Balaban J connectivity index is 1.53. The van der Waals surface area contributed by atoms with Gasteiger partial charge in [-0.25, -0.2) is 9.29 Å². The highest BCUT2D eigenvalue weighted by atomic mass is 19.1. The van der Waals surface area contributed by atoms with Crippen molar-refractivity contribution in [2.24, 2.45) is 0 Å². The molecule has 222 valence electrons. The number of halogens is 1. The molecular formula is C25H23B4FN4O10. The lowest BCUT2D eigenvalue weighted by Gasteiger charge is -2.51. The highest BCUT2D eigenvalue weighted by molar-refractivity contribution is 6.41. The Labute approximate surface area is 254 Å². The van der Waals surface area contributed by atoms with E-state index in [9.17, 15) is 45.0 Å². The van der Waals surface area contributed by atoms with Gasteiger partial charge in [-0.1, -0.05) is 6.07 Å². The van der Waals surface area contributed by atoms with Gasteiger partial charge >= 0.3 is 0 Å². The van der Waals surface area contributed by atoms with Crippen LogP contribution in [0, 0.1) is 5.82 Å². The minimum atomic E-state index is -3.51. The summed E-state index contributed by atoms with van der Waals surface area (Å²) >= 11 is 0. The SMILES string of the molecule is [B]C([B])(Nc1cccc2c1C(O)(O)N(C1C(=O)NC(=O)C([B])(O)C1([B])O)C2=O)c1cc(C(O)(O)N2CCOCC2)ccc1F. The molecule has 0 aliphatic carbocycles. The summed E-state index contributed by atoms with van der Waals surface area (Å²) in [6, 6.07) is 3.88. The van der Waals surface area contributed by atoms with E-state index in [1.54, 1.807) is 5.32 Å². The monoisotopic (exact) mass is 602 g/mol. The third-order valence-corrected chi connectivity index (χ3v) is 7.89. The number of hydrogen-bond donors (Lipinski definition) is 8. The highest BCUT2D eigenvalue weighted by Gasteiger charge is 2.65. The Bertz CT molecular complexity index is 1550. The number of rotatable bonds is 6. The van der Waals surface area contributed by atoms with Crippen LogP contribution in [-0.2, 0) is 31.5 Å². The molecule has 3 atom stereocenters. The third-order valence-electron chi connectivity index (χ3n) is 7.89. The zero-order chi connectivity index (χ0) is 32.6. The highest BCUT2D eigenvalue weighted by Crippen LogP contribution is 2.45. The van der Waals surface area contributed by atoms with Gasteiger partial charge in [0.15, 0.2) is 0 Å². The number of nitrogens with one attached hydrogen (secondary N) is 2. The fourth-order valence-corrected chi connectivity index (χ4v) is 5.46. The number of carbonyl (C=O) groups excluding carboxylic acids is 3. The van der Waals surface area contributed by atoms with Gasteiger partial charge in [0.1, 0.15) is 33.1 Å². The smallest absolute Gasteiger partial charge is 0.281 e. The predicted octanol–water partition coefficient (Wildman–Crippen LogP) is -4.90.